The number of para-hydroxylation sites is 2. The van der Waals surface area contributed by atoms with Gasteiger partial charge in [0.1, 0.15) is 11.5 Å². The molecule has 0 aliphatic carbocycles. The van der Waals surface area contributed by atoms with E-state index >= 15 is 0 Å². The lowest BCUT2D eigenvalue weighted by atomic mass is 10.3. The predicted octanol–water partition coefficient (Wildman–Crippen LogP) is 7.85. The van der Waals surface area contributed by atoms with Gasteiger partial charge in [0.25, 0.3) is 0 Å². The van der Waals surface area contributed by atoms with Crippen LogP contribution in [0.2, 0.25) is 19.6 Å². The third-order valence-electron chi connectivity index (χ3n) is 3.94. The molecule has 29 heavy (non-hydrogen) atoms. The Bertz CT molecular complexity index is 941. The first-order valence-corrected chi connectivity index (χ1v) is 15.3. The van der Waals surface area contributed by atoms with Crippen LogP contribution in [-0.2, 0) is 4.57 Å². The van der Waals surface area contributed by atoms with E-state index in [1.165, 1.54) is 0 Å². The summed E-state index contributed by atoms with van der Waals surface area (Å²) in [6.07, 6.45) is 0. The molecule has 0 heterocycles. The van der Waals surface area contributed by atoms with E-state index in [0.717, 1.165) is 9.42 Å². The van der Waals surface area contributed by atoms with E-state index in [2.05, 4.69) is 31.8 Å². The van der Waals surface area contributed by atoms with Crippen molar-refractivity contribution < 1.29 is 13.6 Å². The molecule has 3 aromatic rings. The molecule has 0 fully saturated rings. The van der Waals surface area contributed by atoms with Crippen molar-refractivity contribution in [2.24, 2.45) is 0 Å². The van der Waals surface area contributed by atoms with Crippen molar-refractivity contribution in [3.05, 3.63) is 101 Å². The average molecular weight is 441 g/mol. The first kappa shape index (κ1) is 21.5. The number of rotatable bonds is 8. The fourth-order valence-corrected chi connectivity index (χ4v) is 8.47. The third kappa shape index (κ3) is 6.67. The fraction of sp³-hybridized carbons (Fsp3) is 0.130. The van der Waals surface area contributed by atoms with E-state index in [1.54, 1.807) is 41.8 Å². The summed E-state index contributed by atoms with van der Waals surface area (Å²) in [5, 5.41) is 0. The molecule has 0 unspecified atom stereocenters. The fourth-order valence-electron chi connectivity index (χ4n) is 2.46. The largest absolute Gasteiger partial charge is 0.456 e. The molecular weight excluding hydrogens is 415 g/mol. The summed E-state index contributed by atoms with van der Waals surface area (Å²) >= 11 is 1.63. The maximum absolute atomic E-state index is 13.9. The van der Waals surface area contributed by atoms with Crippen LogP contribution in [0.4, 0.5) is 0 Å². The van der Waals surface area contributed by atoms with E-state index in [1.807, 2.05) is 54.6 Å². The van der Waals surface area contributed by atoms with Gasteiger partial charge in [-0.15, -0.1) is 0 Å². The predicted molar refractivity (Wildman–Crippen MR) is 125 cm³/mol. The maximum atomic E-state index is 13.9. The molecule has 0 amide bonds. The lowest BCUT2D eigenvalue weighted by molar-refractivity contribution is 0.398. The number of benzene rings is 3. The van der Waals surface area contributed by atoms with Crippen molar-refractivity contribution >= 4 is 27.4 Å². The molecule has 0 bridgehead atoms. The maximum Gasteiger partial charge on any atom is 0.456 e. The third-order valence-corrected chi connectivity index (χ3v) is 10.5. The van der Waals surface area contributed by atoms with Crippen molar-refractivity contribution in [1.82, 2.24) is 0 Å². The summed E-state index contributed by atoms with van der Waals surface area (Å²) in [6, 6.07) is 28.4. The van der Waals surface area contributed by atoms with Crippen molar-refractivity contribution in [2.75, 3.05) is 0 Å². The summed E-state index contributed by atoms with van der Waals surface area (Å²) < 4.78 is 26.8. The number of hydrogen-bond acceptors (Lipinski definition) is 4. The van der Waals surface area contributed by atoms with Crippen LogP contribution < -0.4 is 9.05 Å². The summed E-state index contributed by atoms with van der Waals surface area (Å²) in [5.74, 6) is 2.75. The van der Waals surface area contributed by atoms with Crippen molar-refractivity contribution in [1.29, 1.82) is 0 Å². The molecule has 6 heteroatoms. The molecule has 3 aromatic carbocycles. The molecule has 0 aliphatic rings. The minimum atomic E-state index is -3.60. The highest BCUT2D eigenvalue weighted by molar-refractivity contribution is 8.05. The zero-order chi connectivity index (χ0) is 20.7. The van der Waals surface area contributed by atoms with Gasteiger partial charge in [-0.2, -0.15) is 0 Å². The molecule has 0 saturated carbocycles. The molecule has 0 radical (unpaired) electrons. The van der Waals surface area contributed by atoms with E-state index in [4.69, 9.17) is 9.05 Å². The van der Waals surface area contributed by atoms with Crippen LogP contribution in [0.25, 0.3) is 0 Å². The van der Waals surface area contributed by atoms with Crippen molar-refractivity contribution in [2.45, 2.75) is 24.5 Å². The van der Waals surface area contributed by atoms with Crippen LogP contribution in [-0.4, -0.2) is 8.07 Å². The Kier molecular flexibility index (Phi) is 7.07. The van der Waals surface area contributed by atoms with Gasteiger partial charge in [-0.1, -0.05) is 86.0 Å². The minimum Gasteiger partial charge on any atom is -0.413 e. The van der Waals surface area contributed by atoms with Gasteiger partial charge in [0.05, 0.1) is 13.9 Å². The zero-order valence-corrected chi connectivity index (χ0v) is 19.5. The SMILES string of the molecule is C[Si](C)(C)/C(=C/P(=O)(Oc1ccccc1)Oc1ccccc1)Sc1ccccc1. The quantitative estimate of drug-likeness (QED) is 0.203. The van der Waals surface area contributed by atoms with Crippen molar-refractivity contribution in [3.63, 3.8) is 0 Å². The van der Waals surface area contributed by atoms with Gasteiger partial charge in [0.2, 0.25) is 0 Å². The van der Waals surface area contributed by atoms with Gasteiger partial charge < -0.3 is 9.05 Å². The molecule has 0 saturated heterocycles. The second-order valence-corrected chi connectivity index (χ2v) is 15.7. The summed E-state index contributed by atoms with van der Waals surface area (Å²) in [6.45, 7) is 6.68. The van der Waals surface area contributed by atoms with Crippen LogP contribution in [0.5, 0.6) is 11.5 Å². The Hall–Kier alpha value is -2.20. The minimum absolute atomic E-state index is 0.516. The first-order valence-electron chi connectivity index (χ1n) is 9.39. The standard InChI is InChI=1S/C23H25O3PSSi/c1-29(2,3)23(28-22-17-11-6-12-18-22)19-27(24,25-20-13-7-4-8-14-20)26-21-15-9-5-10-16-21/h4-19H,1-3H3/b23-19+. The second kappa shape index (κ2) is 9.53. The normalized spacial score (nSPS) is 12.4. The zero-order valence-electron chi connectivity index (χ0n) is 16.8. The lowest BCUT2D eigenvalue weighted by Crippen LogP contribution is -2.22. The number of hydrogen-bond donors (Lipinski definition) is 0. The van der Waals surface area contributed by atoms with Gasteiger partial charge in [-0.3, -0.25) is 0 Å². The van der Waals surface area contributed by atoms with Crippen LogP contribution >= 0.6 is 19.4 Å². The molecule has 3 rings (SSSR count). The van der Waals surface area contributed by atoms with Gasteiger partial charge in [0.15, 0.2) is 0 Å². The Balaban J connectivity index is 2.00. The van der Waals surface area contributed by atoms with Crippen molar-refractivity contribution in [3.8, 4) is 11.5 Å². The van der Waals surface area contributed by atoms with Gasteiger partial charge in [0, 0.05) is 4.90 Å². The van der Waals surface area contributed by atoms with E-state index in [0.29, 0.717) is 11.5 Å². The molecule has 3 nitrogen and oxygen atoms in total. The van der Waals surface area contributed by atoms with Crippen LogP contribution in [0.1, 0.15) is 0 Å². The first-order chi connectivity index (χ1) is 13.8. The molecule has 0 atom stereocenters. The van der Waals surface area contributed by atoms with E-state index < -0.39 is 15.7 Å². The highest BCUT2D eigenvalue weighted by Crippen LogP contribution is 2.53. The Morgan fingerprint density at radius 2 is 1.17 bits per heavy atom. The van der Waals surface area contributed by atoms with E-state index in [9.17, 15) is 4.57 Å². The van der Waals surface area contributed by atoms with Gasteiger partial charge in [-0.25, -0.2) is 4.57 Å². The Morgan fingerprint density at radius 1 is 0.759 bits per heavy atom. The molecular formula is C23H25O3PSSi. The van der Waals surface area contributed by atoms with Crippen LogP contribution in [0.15, 0.2) is 106 Å². The second-order valence-electron chi connectivity index (χ2n) is 7.51. The monoisotopic (exact) mass is 440 g/mol. The number of thioether (sulfide) groups is 1. The molecule has 150 valence electrons. The highest BCUT2D eigenvalue weighted by Gasteiger charge is 2.31. The smallest absolute Gasteiger partial charge is 0.413 e. The average Bonchev–Trinajstić information content (AvgIpc) is 2.69. The van der Waals surface area contributed by atoms with Crippen LogP contribution in [0.3, 0.4) is 0 Å². The summed E-state index contributed by atoms with van der Waals surface area (Å²) in [4.78, 5) is 1.10. The Morgan fingerprint density at radius 3 is 1.59 bits per heavy atom. The topological polar surface area (TPSA) is 35.5 Å². The molecule has 0 spiro atoms. The lowest BCUT2D eigenvalue weighted by Gasteiger charge is -2.24. The summed E-state index contributed by atoms with van der Waals surface area (Å²) in [5.41, 5.74) is 0. The molecule has 0 aliphatic heterocycles. The molecule has 0 N–H and O–H groups in total. The summed E-state index contributed by atoms with van der Waals surface area (Å²) in [7, 11) is -5.42. The highest BCUT2D eigenvalue weighted by atomic mass is 32.2. The van der Waals surface area contributed by atoms with Gasteiger partial charge in [-0.05, 0) is 40.9 Å². The van der Waals surface area contributed by atoms with E-state index in [-0.39, 0.29) is 0 Å². The molecule has 0 aromatic heterocycles. The van der Waals surface area contributed by atoms with Gasteiger partial charge >= 0.3 is 7.60 Å². The van der Waals surface area contributed by atoms with Crippen LogP contribution in [0, 0.1) is 0 Å². The Labute approximate surface area is 178 Å².